The molecule has 0 unspecified atom stereocenters. The van der Waals surface area contributed by atoms with Crippen molar-refractivity contribution in [3.05, 3.63) is 59.2 Å². The fraction of sp³-hybridized carbons (Fsp3) is 0.435. The van der Waals surface area contributed by atoms with E-state index in [0.717, 1.165) is 23.2 Å². The van der Waals surface area contributed by atoms with Crippen molar-refractivity contribution in [2.45, 2.75) is 51.0 Å². The quantitative estimate of drug-likeness (QED) is 0.773. The summed E-state index contributed by atoms with van der Waals surface area (Å²) in [6, 6.07) is 13.7. The van der Waals surface area contributed by atoms with E-state index >= 15 is 0 Å². The maximum atomic E-state index is 13.3. The number of benzene rings is 2. The van der Waals surface area contributed by atoms with Crippen LogP contribution in [-0.2, 0) is 21.2 Å². The van der Waals surface area contributed by atoms with Gasteiger partial charge in [-0.3, -0.25) is 4.79 Å². The molecule has 2 aliphatic rings. The van der Waals surface area contributed by atoms with E-state index in [9.17, 15) is 13.2 Å². The van der Waals surface area contributed by atoms with Crippen LogP contribution >= 0.6 is 0 Å². The monoisotopic (exact) mass is 412 g/mol. The van der Waals surface area contributed by atoms with Crippen molar-refractivity contribution in [2.24, 2.45) is 5.92 Å². The van der Waals surface area contributed by atoms with Crippen LogP contribution in [0, 0.1) is 19.8 Å². The molecule has 5 nitrogen and oxygen atoms in total. The Bertz CT molecular complexity index is 1040. The highest BCUT2D eigenvalue weighted by molar-refractivity contribution is 7.89. The van der Waals surface area contributed by atoms with E-state index in [-0.39, 0.29) is 17.9 Å². The number of rotatable bonds is 3. The van der Waals surface area contributed by atoms with Crippen LogP contribution < -0.4 is 4.90 Å². The lowest BCUT2D eigenvalue weighted by Gasteiger charge is -2.34. The average molecular weight is 413 g/mol. The largest absolute Gasteiger partial charge is 0.309 e. The highest BCUT2D eigenvalue weighted by Gasteiger charge is 2.38. The van der Waals surface area contributed by atoms with E-state index < -0.39 is 10.0 Å². The highest BCUT2D eigenvalue weighted by atomic mass is 32.2. The molecule has 29 heavy (non-hydrogen) atoms. The molecule has 2 aliphatic heterocycles. The van der Waals surface area contributed by atoms with E-state index in [0.29, 0.717) is 30.8 Å². The zero-order valence-corrected chi connectivity index (χ0v) is 18.1. The number of amides is 1. The Labute approximate surface area is 173 Å². The molecule has 0 N–H and O–H groups in total. The van der Waals surface area contributed by atoms with Gasteiger partial charge in [0.25, 0.3) is 0 Å². The number of carbonyl (C=O) groups is 1. The van der Waals surface area contributed by atoms with Gasteiger partial charge in [0.1, 0.15) is 0 Å². The summed E-state index contributed by atoms with van der Waals surface area (Å²) < 4.78 is 27.8. The third-order valence-electron chi connectivity index (χ3n) is 6.21. The highest BCUT2D eigenvalue weighted by Crippen LogP contribution is 2.35. The van der Waals surface area contributed by atoms with Crippen molar-refractivity contribution >= 4 is 21.6 Å². The van der Waals surface area contributed by atoms with Crippen LogP contribution in [0.2, 0.25) is 0 Å². The molecule has 1 fully saturated rings. The molecule has 0 bridgehead atoms. The molecule has 1 amide bonds. The fourth-order valence-electron chi connectivity index (χ4n) is 4.57. The van der Waals surface area contributed by atoms with Crippen molar-refractivity contribution < 1.29 is 13.2 Å². The lowest BCUT2D eigenvalue weighted by molar-refractivity contribution is -0.123. The van der Waals surface area contributed by atoms with Crippen LogP contribution in [0.4, 0.5) is 5.69 Å². The first-order chi connectivity index (χ1) is 13.8. The molecule has 2 heterocycles. The molecule has 0 saturated carbocycles. The average Bonchev–Trinajstić information content (AvgIpc) is 3.05. The second-order valence-corrected chi connectivity index (χ2v) is 10.2. The Kier molecular flexibility index (Phi) is 5.25. The minimum Gasteiger partial charge on any atom is -0.309 e. The Hall–Kier alpha value is -2.18. The number of aryl methyl sites for hydroxylation is 2. The maximum absolute atomic E-state index is 13.3. The van der Waals surface area contributed by atoms with Crippen LogP contribution in [0.15, 0.2) is 47.4 Å². The summed E-state index contributed by atoms with van der Waals surface area (Å²) in [5, 5.41) is 0. The summed E-state index contributed by atoms with van der Waals surface area (Å²) in [7, 11) is -3.53. The number of para-hydroxylation sites is 1. The summed E-state index contributed by atoms with van der Waals surface area (Å²) >= 11 is 0. The van der Waals surface area contributed by atoms with Gasteiger partial charge >= 0.3 is 0 Å². The molecule has 2 aromatic carbocycles. The van der Waals surface area contributed by atoms with Crippen LogP contribution in [-0.4, -0.2) is 37.8 Å². The van der Waals surface area contributed by atoms with Crippen LogP contribution in [0.3, 0.4) is 0 Å². The smallest absolute Gasteiger partial charge is 0.243 e. The molecule has 6 heteroatoms. The second-order valence-electron chi connectivity index (χ2n) is 8.34. The molecule has 0 radical (unpaired) electrons. The molecule has 2 aromatic rings. The number of carbonyl (C=O) groups excluding carboxylic acids is 1. The Morgan fingerprint density at radius 1 is 1.03 bits per heavy atom. The summed E-state index contributed by atoms with van der Waals surface area (Å²) in [6.07, 6.45) is 2.00. The van der Waals surface area contributed by atoms with Crippen LogP contribution in [0.25, 0.3) is 0 Å². The number of hydrogen-bond acceptors (Lipinski definition) is 3. The van der Waals surface area contributed by atoms with Gasteiger partial charge < -0.3 is 4.90 Å². The summed E-state index contributed by atoms with van der Waals surface area (Å²) in [5.74, 6) is -0.0000957. The number of anilines is 1. The fourth-order valence-corrected chi connectivity index (χ4v) is 6.34. The van der Waals surface area contributed by atoms with E-state index in [1.54, 1.807) is 10.4 Å². The standard InChI is InChI=1S/C23H28N2O3S/c1-16-8-9-17(2)22(14-16)29(27,28)24-12-10-19(11-13-24)23(26)25-18(3)15-20-6-4-5-7-21(20)25/h4-9,14,18-19H,10-13,15H2,1-3H3/t18-/m1/s1. The Morgan fingerprint density at radius 2 is 1.72 bits per heavy atom. The normalized spacial score (nSPS) is 20.7. The minimum atomic E-state index is -3.53. The summed E-state index contributed by atoms with van der Waals surface area (Å²) in [4.78, 5) is 15.6. The molecule has 4 rings (SSSR count). The first-order valence-electron chi connectivity index (χ1n) is 10.3. The predicted molar refractivity (Wildman–Crippen MR) is 114 cm³/mol. The molecular formula is C23H28N2O3S. The summed E-state index contributed by atoms with van der Waals surface area (Å²) in [6.45, 7) is 6.58. The zero-order valence-electron chi connectivity index (χ0n) is 17.3. The Morgan fingerprint density at radius 3 is 2.45 bits per heavy atom. The van der Waals surface area contributed by atoms with Gasteiger partial charge in [0, 0.05) is 30.7 Å². The molecular weight excluding hydrogens is 384 g/mol. The number of hydrogen-bond donors (Lipinski definition) is 0. The van der Waals surface area contributed by atoms with E-state index in [1.807, 2.05) is 49.1 Å². The van der Waals surface area contributed by atoms with Crippen molar-refractivity contribution in [1.29, 1.82) is 0 Å². The number of fused-ring (bicyclic) bond motifs is 1. The topological polar surface area (TPSA) is 57.7 Å². The van der Waals surface area contributed by atoms with Gasteiger partial charge in [-0.15, -0.1) is 0 Å². The molecule has 154 valence electrons. The number of nitrogens with zero attached hydrogens (tertiary/aromatic N) is 2. The molecule has 1 saturated heterocycles. The molecule has 1 atom stereocenters. The second kappa shape index (κ2) is 7.58. The van der Waals surface area contributed by atoms with Crippen LogP contribution in [0.1, 0.15) is 36.5 Å². The number of piperidine rings is 1. The van der Waals surface area contributed by atoms with Gasteiger partial charge in [0.05, 0.1) is 4.90 Å². The van der Waals surface area contributed by atoms with Gasteiger partial charge in [-0.05, 0) is 68.9 Å². The summed E-state index contributed by atoms with van der Waals surface area (Å²) in [5.41, 5.74) is 3.91. The maximum Gasteiger partial charge on any atom is 0.243 e. The van der Waals surface area contributed by atoms with Gasteiger partial charge in [-0.2, -0.15) is 4.31 Å². The third-order valence-corrected chi connectivity index (χ3v) is 8.25. The van der Waals surface area contributed by atoms with Crippen molar-refractivity contribution in [3.8, 4) is 0 Å². The lowest BCUT2D eigenvalue weighted by atomic mass is 9.96. The van der Waals surface area contributed by atoms with Gasteiger partial charge in [-0.1, -0.05) is 30.3 Å². The van der Waals surface area contributed by atoms with Gasteiger partial charge in [-0.25, -0.2) is 8.42 Å². The third kappa shape index (κ3) is 3.60. The van der Waals surface area contributed by atoms with Gasteiger partial charge in [0.2, 0.25) is 15.9 Å². The SMILES string of the molecule is Cc1ccc(C)c(S(=O)(=O)N2CCC(C(=O)N3c4ccccc4C[C@H]3C)CC2)c1. The van der Waals surface area contributed by atoms with Gasteiger partial charge in [0.15, 0.2) is 0 Å². The first-order valence-corrected chi connectivity index (χ1v) is 11.7. The first kappa shape index (κ1) is 20.1. The van der Waals surface area contributed by atoms with E-state index in [1.165, 1.54) is 5.56 Å². The number of sulfonamides is 1. The molecule has 0 spiro atoms. The van der Waals surface area contributed by atoms with Crippen LogP contribution in [0.5, 0.6) is 0 Å². The Balaban J connectivity index is 1.48. The van der Waals surface area contributed by atoms with E-state index in [4.69, 9.17) is 0 Å². The molecule has 0 aromatic heterocycles. The lowest BCUT2D eigenvalue weighted by Crippen LogP contribution is -2.46. The predicted octanol–water partition coefficient (Wildman–Crippen LogP) is 3.68. The minimum absolute atomic E-state index is 0.131. The van der Waals surface area contributed by atoms with E-state index in [2.05, 4.69) is 13.0 Å². The van der Waals surface area contributed by atoms with Crippen molar-refractivity contribution in [1.82, 2.24) is 4.31 Å². The van der Waals surface area contributed by atoms with Crippen molar-refractivity contribution in [3.63, 3.8) is 0 Å². The zero-order chi connectivity index (χ0) is 20.8. The van der Waals surface area contributed by atoms with Crippen molar-refractivity contribution in [2.75, 3.05) is 18.0 Å². The molecule has 0 aliphatic carbocycles.